The second kappa shape index (κ2) is 9.02. The Morgan fingerprint density at radius 1 is 1.17 bits per heavy atom. The number of oxazole rings is 1. The van der Waals surface area contributed by atoms with Crippen molar-refractivity contribution >= 4 is 23.2 Å². The van der Waals surface area contributed by atoms with Crippen molar-refractivity contribution in [3.63, 3.8) is 0 Å². The third-order valence-electron chi connectivity index (χ3n) is 4.61. The summed E-state index contributed by atoms with van der Waals surface area (Å²) in [6.45, 7) is 2.07. The molecule has 0 saturated carbocycles. The molecular weight excluding hydrogens is 390 g/mol. The van der Waals surface area contributed by atoms with Crippen LogP contribution in [-0.2, 0) is 22.5 Å². The van der Waals surface area contributed by atoms with E-state index in [1.54, 1.807) is 16.2 Å². The molecular formula is C21H21N3O4S. The Hall–Kier alpha value is -2.97. The Bertz CT molecular complexity index is 960. The zero-order chi connectivity index (χ0) is 20.1. The number of hydrogen-bond acceptors (Lipinski definition) is 6. The molecule has 29 heavy (non-hydrogen) atoms. The highest BCUT2D eigenvalue weighted by Crippen LogP contribution is 2.20. The summed E-state index contributed by atoms with van der Waals surface area (Å²) in [6, 6.07) is 9.50. The molecule has 0 radical (unpaired) electrons. The highest BCUT2D eigenvalue weighted by atomic mass is 32.1. The van der Waals surface area contributed by atoms with Crippen molar-refractivity contribution in [3.8, 4) is 11.5 Å². The van der Waals surface area contributed by atoms with Crippen LogP contribution in [-0.4, -0.2) is 41.6 Å². The smallest absolute Gasteiger partial charge is 0.277 e. The fourth-order valence-electron chi connectivity index (χ4n) is 3.03. The Labute approximate surface area is 172 Å². The van der Waals surface area contributed by atoms with Crippen LogP contribution in [0.25, 0.3) is 11.5 Å². The normalized spacial score (nSPS) is 14.0. The monoisotopic (exact) mass is 411 g/mol. The molecule has 150 valence electrons. The lowest BCUT2D eigenvalue weighted by Crippen LogP contribution is -2.38. The van der Waals surface area contributed by atoms with Crippen LogP contribution in [0.4, 0.5) is 0 Å². The minimum absolute atomic E-state index is 0.00924. The number of carbonyl (C=O) groups excluding carboxylic acids is 2. The van der Waals surface area contributed by atoms with Gasteiger partial charge >= 0.3 is 0 Å². The maximum absolute atomic E-state index is 12.4. The summed E-state index contributed by atoms with van der Waals surface area (Å²) in [6.07, 6.45) is 2.59. The molecule has 1 aliphatic heterocycles. The number of carbonyl (C=O) groups is 2. The third-order valence-corrected chi connectivity index (χ3v) is 5.34. The summed E-state index contributed by atoms with van der Waals surface area (Å²) in [7, 11) is 0. The van der Waals surface area contributed by atoms with Gasteiger partial charge in [-0.3, -0.25) is 9.59 Å². The van der Waals surface area contributed by atoms with E-state index in [0.717, 1.165) is 23.1 Å². The number of thiophene rings is 1. The van der Waals surface area contributed by atoms with E-state index in [1.165, 1.54) is 6.26 Å². The number of benzene rings is 1. The Morgan fingerprint density at radius 2 is 2.03 bits per heavy atom. The van der Waals surface area contributed by atoms with Gasteiger partial charge in [-0.25, -0.2) is 4.98 Å². The van der Waals surface area contributed by atoms with Crippen molar-refractivity contribution in [3.05, 3.63) is 64.2 Å². The van der Waals surface area contributed by atoms with Crippen molar-refractivity contribution in [1.82, 2.24) is 15.2 Å². The topological polar surface area (TPSA) is 84.7 Å². The second-order valence-corrected chi connectivity index (χ2v) is 7.56. The Morgan fingerprint density at radius 3 is 2.76 bits per heavy atom. The lowest BCUT2D eigenvalue weighted by Gasteiger charge is -2.25. The fourth-order valence-corrected chi connectivity index (χ4v) is 3.70. The second-order valence-electron chi connectivity index (χ2n) is 6.78. The highest BCUT2D eigenvalue weighted by Gasteiger charge is 2.22. The van der Waals surface area contributed by atoms with E-state index in [2.05, 4.69) is 10.3 Å². The van der Waals surface area contributed by atoms with E-state index in [9.17, 15) is 9.59 Å². The fraction of sp³-hybridized carbons (Fsp3) is 0.286. The number of hydrogen-bond donors (Lipinski definition) is 1. The van der Waals surface area contributed by atoms with Crippen LogP contribution in [0.2, 0.25) is 0 Å². The molecule has 2 aromatic heterocycles. The molecule has 1 aromatic carbocycles. The number of aromatic nitrogens is 1. The molecule has 1 aliphatic rings. The molecule has 1 saturated heterocycles. The first-order valence-corrected chi connectivity index (χ1v) is 10.3. The van der Waals surface area contributed by atoms with Crippen LogP contribution in [0.5, 0.6) is 0 Å². The lowest BCUT2D eigenvalue weighted by molar-refractivity contribution is -0.120. The van der Waals surface area contributed by atoms with Gasteiger partial charge in [-0.2, -0.15) is 11.3 Å². The first-order chi connectivity index (χ1) is 14.2. The average Bonchev–Trinajstić information content (AvgIpc) is 3.45. The number of rotatable bonds is 6. The zero-order valence-corrected chi connectivity index (χ0v) is 16.6. The first kappa shape index (κ1) is 19.4. The van der Waals surface area contributed by atoms with Gasteiger partial charge in [-0.05, 0) is 46.5 Å². The summed E-state index contributed by atoms with van der Waals surface area (Å²) in [5, 5.41) is 6.85. The van der Waals surface area contributed by atoms with E-state index in [1.807, 2.05) is 41.1 Å². The van der Waals surface area contributed by atoms with Crippen molar-refractivity contribution in [2.45, 2.75) is 19.4 Å². The summed E-state index contributed by atoms with van der Waals surface area (Å²) in [5.41, 5.74) is 3.04. The molecule has 8 heteroatoms. The molecule has 7 nitrogen and oxygen atoms in total. The van der Waals surface area contributed by atoms with Gasteiger partial charge in [0, 0.05) is 18.7 Å². The van der Waals surface area contributed by atoms with E-state index in [4.69, 9.17) is 9.15 Å². The molecule has 0 spiro atoms. The van der Waals surface area contributed by atoms with E-state index in [0.29, 0.717) is 32.0 Å². The van der Waals surface area contributed by atoms with Gasteiger partial charge in [0.15, 0.2) is 5.69 Å². The number of nitrogens with one attached hydrogen (secondary N) is 1. The van der Waals surface area contributed by atoms with Gasteiger partial charge < -0.3 is 19.4 Å². The van der Waals surface area contributed by atoms with Crippen LogP contribution in [0.15, 0.2) is 51.8 Å². The van der Waals surface area contributed by atoms with Crippen LogP contribution < -0.4 is 5.32 Å². The van der Waals surface area contributed by atoms with E-state index >= 15 is 0 Å². The molecule has 3 heterocycles. The molecule has 0 unspecified atom stereocenters. The predicted molar refractivity (Wildman–Crippen MR) is 108 cm³/mol. The average molecular weight is 411 g/mol. The molecule has 1 fully saturated rings. The maximum atomic E-state index is 12.4. The molecule has 3 aromatic rings. The van der Waals surface area contributed by atoms with E-state index in [-0.39, 0.29) is 24.2 Å². The molecule has 0 bridgehead atoms. The minimum atomic E-state index is -0.190. The molecule has 2 amide bonds. The van der Waals surface area contributed by atoms with Gasteiger partial charge in [-0.15, -0.1) is 0 Å². The van der Waals surface area contributed by atoms with Crippen LogP contribution >= 0.6 is 11.3 Å². The van der Waals surface area contributed by atoms with Crippen LogP contribution in [0, 0.1) is 0 Å². The number of ether oxygens (including phenoxy) is 1. The Balaban J connectivity index is 1.33. The van der Waals surface area contributed by atoms with Crippen molar-refractivity contribution in [2.24, 2.45) is 0 Å². The van der Waals surface area contributed by atoms with Gasteiger partial charge in [0.2, 0.25) is 11.8 Å². The first-order valence-electron chi connectivity index (χ1n) is 9.39. The zero-order valence-electron chi connectivity index (χ0n) is 15.8. The van der Waals surface area contributed by atoms with E-state index < -0.39 is 0 Å². The molecule has 1 N–H and O–H groups in total. The van der Waals surface area contributed by atoms with Crippen LogP contribution in [0.1, 0.15) is 28.0 Å². The summed E-state index contributed by atoms with van der Waals surface area (Å²) in [5.74, 6) is 0.189. The van der Waals surface area contributed by atoms with Gasteiger partial charge in [-0.1, -0.05) is 12.1 Å². The molecule has 4 rings (SSSR count). The minimum Gasteiger partial charge on any atom is -0.444 e. The lowest BCUT2D eigenvalue weighted by atomic mass is 10.1. The van der Waals surface area contributed by atoms with Crippen molar-refractivity contribution in [2.75, 3.05) is 19.9 Å². The molecule has 0 aliphatic carbocycles. The Kier molecular flexibility index (Phi) is 6.02. The number of amides is 2. The van der Waals surface area contributed by atoms with Crippen molar-refractivity contribution < 1.29 is 18.7 Å². The summed E-state index contributed by atoms with van der Waals surface area (Å²) < 4.78 is 10.8. The predicted octanol–water partition coefficient (Wildman–Crippen LogP) is 3.08. The number of nitrogens with zero attached hydrogens (tertiary/aromatic N) is 2. The SMILES string of the molecule is O=C(Cc1ccsc1)NCc1ccc(-c2nc(C(=O)N3CCCOC3)co2)cc1. The molecule has 0 atom stereocenters. The van der Waals surface area contributed by atoms with Crippen molar-refractivity contribution in [1.29, 1.82) is 0 Å². The highest BCUT2D eigenvalue weighted by molar-refractivity contribution is 7.08. The van der Waals surface area contributed by atoms with Gasteiger partial charge in [0.05, 0.1) is 13.0 Å². The quantitative estimate of drug-likeness (QED) is 0.674. The third kappa shape index (κ3) is 4.90. The van der Waals surface area contributed by atoms with Gasteiger partial charge in [0.25, 0.3) is 5.91 Å². The summed E-state index contributed by atoms with van der Waals surface area (Å²) in [4.78, 5) is 30.4. The largest absolute Gasteiger partial charge is 0.444 e. The van der Waals surface area contributed by atoms with Crippen LogP contribution in [0.3, 0.4) is 0 Å². The summed E-state index contributed by atoms with van der Waals surface area (Å²) >= 11 is 1.58. The van der Waals surface area contributed by atoms with Gasteiger partial charge in [0.1, 0.15) is 13.0 Å². The standard InChI is InChI=1S/C21H21N3O4S/c25-19(10-16-6-9-29-13-16)22-11-15-2-4-17(5-3-15)20-23-18(12-28-20)21(26)24-7-1-8-27-14-24/h2-6,9,12-13H,1,7-8,10-11,14H2,(H,22,25). The maximum Gasteiger partial charge on any atom is 0.277 e.